The molecule has 0 saturated heterocycles. The van der Waals surface area contributed by atoms with Crippen LogP contribution in [0.4, 0.5) is 11.4 Å². The van der Waals surface area contributed by atoms with Crippen LogP contribution in [0, 0.1) is 0 Å². The number of benzene rings is 1. The number of rotatable bonds is 6. The second kappa shape index (κ2) is 7.28. The van der Waals surface area contributed by atoms with E-state index >= 15 is 0 Å². The summed E-state index contributed by atoms with van der Waals surface area (Å²) in [6.45, 7) is 3.03. The third-order valence-corrected chi connectivity index (χ3v) is 2.89. The number of pyridine rings is 1. The van der Waals surface area contributed by atoms with Crippen LogP contribution in [0.15, 0.2) is 48.8 Å². The fraction of sp³-hybridized carbons (Fsp3) is 0.250. The van der Waals surface area contributed by atoms with Crippen LogP contribution in [0.3, 0.4) is 0 Å². The van der Waals surface area contributed by atoms with Crippen LogP contribution in [0.1, 0.15) is 30.1 Å². The number of unbranched alkanes of at least 4 members (excludes halogenated alkanes) is 1. The van der Waals surface area contributed by atoms with E-state index in [4.69, 9.17) is 0 Å². The molecule has 4 heteroatoms. The van der Waals surface area contributed by atoms with Gasteiger partial charge in [-0.15, -0.1) is 0 Å². The first-order valence-corrected chi connectivity index (χ1v) is 6.85. The average molecular weight is 269 g/mol. The number of carbonyl (C=O) groups excluding carboxylic acids is 1. The van der Waals surface area contributed by atoms with E-state index in [0.717, 1.165) is 30.8 Å². The van der Waals surface area contributed by atoms with E-state index in [0.29, 0.717) is 5.56 Å². The van der Waals surface area contributed by atoms with Crippen molar-refractivity contribution in [1.82, 2.24) is 4.98 Å². The van der Waals surface area contributed by atoms with Gasteiger partial charge >= 0.3 is 0 Å². The lowest BCUT2D eigenvalue weighted by molar-refractivity contribution is 0.102. The fourth-order valence-electron chi connectivity index (χ4n) is 1.80. The molecule has 2 N–H and O–H groups in total. The highest BCUT2D eigenvalue weighted by molar-refractivity contribution is 6.04. The normalized spacial score (nSPS) is 10.1. The van der Waals surface area contributed by atoms with E-state index in [1.54, 1.807) is 12.4 Å². The Labute approximate surface area is 119 Å². The number of hydrogen-bond donors (Lipinski definition) is 2. The minimum atomic E-state index is -0.150. The minimum absolute atomic E-state index is 0.150. The molecule has 0 aliphatic rings. The number of nitrogens with one attached hydrogen (secondary N) is 2. The predicted octanol–water partition coefficient (Wildman–Crippen LogP) is 3.55. The fourth-order valence-corrected chi connectivity index (χ4v) is 1.80. The summed E-state index contributed by atoms with van der Waals surface area (Å²) in [4.78, 5) is 16.2. The van der Waals surface area contributed by atoms with Crippen LogP contribution in [0.5, 0.6) is 0 Å². The molecule has 0 atom stereocenters. The summed E-state index contributed by atoms with van der Waals surface area (Å²) in [6.07, 6.45) is 5.54. The van der Waals surface area contributed by atoms with Crippen molar-refractivity contribution in [2.45, 2.75) is 19.8 Å². The van der Waals surface area contributed by atoms with Gasteiger partial charge in [-0.05, 0) is 24.6 Å². The molecule has 104 valence electrons. The molecule has 1 aromatic carbocycles. The van der Waals surface area contributed by atoms with E-state index in [1.807, 2.05) is 36.4 Å². The standard InChI is InChI=1S/C16H19N3O/c1-2-3-9-18-15-10-13(11-17-12-15)16(20)19-14-7-5-4-6-8-14/h4-8,10-12,18H,2-3,9H2,1H3,(H,19,20). The Morgan fingerprint density at radius 1 is 1.15 bits per heavy atom. The maximum Gasteiger partial charge on any atom is 0.257 e. The van der Waals surface area contributed by atoms with Crippen LogP contribution in [-0.4, -0.2) is 17.4 Å². The Hall–Kier alpha value is -2.36. The number of carbonyl (C=O) groups is 1. The molecular formula is C16H19N3O. The summed E-state index contributed by atoms with van der Waals surface area (Å²) >= 11 is 0. The molecule has 0 fully saturated rings. The Bertz CT molecular complexity index is 555. The molecule has 0 spiro atoms. The number of hydrogen-bond acceptors (Lipinski definition) is 3. The third-order valence-electron chi connectivity index (χ3n) is 2.89. The quantitative estimate of drug-likeness (QED) is 0.789. The summed E-state index contributed by atoms with van der Waals surface area (Å²) in [5.74, 6) is -0.150. The van der Waals surface area contributed by atoms with Gasteiger partial charge in [0.2, 0.25) is 0 Å². The molecule has 1 heterocycles. The van der Waals surface area contributed by atoms with E-state index < -0.39 is 0 Å². The molecule has 0 radical (unpaired) electrons. The van der Waals surface area contributed by atoms with Gasteiger partial charge in [-0.2, -0.15) is 0 Å². The topological polar surface area (TPSA) is 54.0 Å². The zero-order valence-electron chi connectivity index (χ0n) is 11.6. The van der Waals surface area contributed by atoms with Crippen molar-refractivity contribution in [1.29, 1.82) is 0 Å². The first-order chi connectivity index (χ1) is 9.79. The smallest absolute Gasteiger partial charge is 0.257 e. The van der Waals surface area contributed by atoms with Crippen molar-refractivity contribution < 1.29 is 4.79 Å². The van der Waals surface area contributed by atoms with Crippen molar-refractivity contribution in [3.63, 3.8) is 0 Å². The van der Waals surface area contributed by atoms with Gasteiger partial charge in [0, 0.05) is 24.6 Å². The lowest BCUT2D eigenvalue weighted by Gasteiger charge is -2.08. The maximum absolute atomic E-state index is 12.1. The van der Waals surface area contributed by atoms with Crippen LogP contribution in [0.25, 0.3) is 0 Å². The lowest BCUT2D eigenvalue weighted by atomic mass is 10.2. The molecule has 0 saturated carbocycles. The zero-order valence-corrected chi connectivity index (χ0v) is 11.6. The second-order valence-corrected chi connectivity index (χ2v) is 4.56. The average Bonchev–Trinajstić information content (AvgIpc) is 2.49. The maximum atomic E-state index is 12.1. The van der Waals surface area contributed by atoms with E-state index in [-0.39, 0.29) is 5.91 Å². The highest BCUT2D eigenvalue weighted by Gasteiger charge is 2.07. The van der Waals surface area contributed by atoms with Crippen molar-refractivity contribution in [3.05, 3.63) is 54.4 Å². The highest BCUT2D eigenvalue weighted by Crippen LogP contribution is 2.12. The van der Waals surface area contributed by atoms with Crippen molar-refractivity contribution in [3.8, 4) is 0 Å². The van der Waals surface area contributed by atoms with Crippen LogP contribution >= 0.6 is 0 Å². The van der Waals surface area contributed by atoms with Gasteiger partial charge in [0.15, 0.2) is 0 Å². The summed E-state index contributed by atoms with van der Waals surface area (Å²) in [5.41, 5.74) is 2.20. The largest absolute Gasteiger partial charge is 0.384 e. The molecule has 0 unspecified atom stereocenters. The monoisotopic (exact) mass is 269 g/mol. The van der Waals surface area contributed by atoms with E-state index in [1.165, 1.54) is 0 Å². The Morgan fingerprint density at radius 2 is 1.95 bits per heavy atom. The zero-order chi connectivity index (χ0) is 14.2. The second-order valence-electron chi connectivity index (χ2n) is 4.56. The summed E-state index contributed by atoms with van der Waals surface area (Å²) in [6, 6.07) is 11.2. The number of para-hydroxylation sites is 1. The van der Waals surface area contributed by atoms with Gasteiger partial charge in [-0.25, -0.2) is 0 Å². The SMILES string of the molecule is CCCCNc1cncc(C(=O)Nc2ccccc2)c1. The molecule has 1 aromatic heterocycles. The molecule has 1 amide bonds. The molecular weight excluding hydrogens is 250 g/mol. The van der Waals surface area contributed by atoms with Gasteiger partial charge in [0.05, 0.1) is 11.3 Å². The summed E-state index contributed by atoms with van der Waals surface area (Å²) < 4.78 is 0. The molecule has 2 rings (SSSR count). The Kier molecular flexibility index (Phi) is 5.12. The van der Waals surface area contributed by atoms with E-state index in [2.05, 4.69) is 22.5 Å². The molecule has 0 aliphatic carbocycles. The first kappa shape index (κ1) is 14.1. The minimum Gasteiger partial charge on any atom is -0.384 e. The van der Waals surface area contributed by atoms with Crippen molar-refractivity contribution >= 4 is 17.3 Å². The van der Waals surface area contributed by atoms with Crippen LogP contribution in [0.2, 0.25) is 0 Å². The third kappa shape index (κ3) is 4.09. The van der Waals surface area contributed by atoms with Crippen molar-refractivity contribution in [2.24, 2.45) is 0 Å². The molecule has 2 aromatic rings. The van der Waals surface area contributed by atoms with Crippen LogP contribution < -0.4 is 10.6 Å². The number of nitrogens with zero attached hydrogens (tertiary/aromatic N) is 1. The predicted molar refractivity (Wildman–Crippen MR) is 82.0 cm³/mol. The Morgan fingerprint density at radius 3 is 2.70 bits per heavy atom. The van der Waals surface area contributed by atoms with Gasteiger partial charge in [0.25, 0.3) is 5.91 Å². The Balaban J connectivity index is 2.01. The lowest BCUT2D eigenvalue weighted by Crippen LogP contribution is -2.12. The molecule has 0 bridgehead atoms. The first-order valence-electron chi connectivity index (χ1n) is 6.85. The van der Waals surface area contributed by atoms with Crippen LogP contribution in [-0.2, 0) is 0 Å². The molecule has 0 aliphatic heterocycles. The van der Waals surface area contributed by atoms with Gasteiger partial charge in [0.1, 0.15) is 0 Å². The van der Waals surface area contributed by atoms with Gasteiger partial charge < -0.3 is 10.6 Å². The van der Waals surface area contributed by atoms with Crippen molar-refractivity contribution in [2.75, 3.05) is 17.2 Å². The highest BCUT2D eigenvalue weighted by atomic mass is 16.1. The summed E-state index contributed by atoms with van der Waals surface area (Å²) in [5, 5.41) is 6.11. The number of aromatic nitrogens is 1. The van der Waals surface area contributed by atoms with Gasteiger partial charge in [-0.1, -0.05) is 31.5 Å². The molecule has 20 heavy (non-hydrogen) atoms. The van der Waals surface area contributed by atoms with Gasteiger partial charge in [-0.3, -0.25) is 9.78 Å². The number of amides is 1. The van der Waals surface area contributed by atoms with E-state index in [9.17, 15) is 4.79 Å². The summed E-state index contributed by atoms with van der Waals surface area (Å²) in [7, 11) is 0. The molecule has 4 nitrogen and oxygen atoms in total. The number of anilines is 2.